The van der Waals surface area contributed by atoms with Crippen LogP contribution in [0.1, 0.15) is 143 Å². The van der Waals surface area contributed by atoms with Crippen LogP contribution in [0.3, 0.4) is 0 Å². The van der Waals surface area contributed by atoms with Crippen LogP contribution in [0.2, 0.25) is 0 Å². The molecule has 0 aromatic rings. The molecule has 3 rings (SSSR count). The number of hydrogen-bond donors (Lipinski definition) is 15. The summed E-state index contributed by atoms with van der Waals surface area (Å²) in [5.41, 5.74) is 0. The Labute approximate surface area is 483 Å². The van der Waals surface area contributed by atoms with Crippen molar-refractivity contribution in [3.05, 3.63) is 0 Å². The van der Waals surface area contributed by atoms with Crippen LogP contribution in [-0.2, 0) is 66.8 Å². The molecule has 17 atom stereocenters. The lowest BCUT2D eigenvalue weighted by atomic mass is 9.97. The first-order valence-corrected chi connectivity index (χ1v) is 29.0. The van der Waals surface area contributed by atoms with Gasteiger partial charge in [0.2, 0.25) is 35.4 Å². The molecule has 3 aliphatic rings. The first kappa shape index (κ1) is 72.8. The summed E-state index contributed by atoms with van der Waals surface area (Å²) in [6, 6.07) is -5.25. The van der Waals surface area contributed by atoms with Crippen molar-refractivity contribution in [1.82, 2.24) is 31.9 Å². The molecule has 3 fully saturated rings. The van der Waals surface area contributed by atoms with E-state index in [1.807, 2.05) is 0 Å². The molecule has 0 spiro atoms. The molecule has 0 unspecified atom stereocenters. The summed E-state index contributed by atoms with van der Waals surface area (Å²) in [6.07, 6.45) is -9.98. The van der Waals surface area contributed by atoms with Crippen molar-refractivity contribution in [2.24, 2.45) is 0 Å². The normalized spacial score (nSPS) is 28.7. The second kappa shape index (κ2) is 39.3. The Hall–Kier alpha value is -4.44. The van der Waals surface area contributed by atoms with Crippen LogP contribution in [-0.4, -0.2) is 243 Å². The van der Waals surface area contributed by atoms with Gasteiger partial charge in [-0.15, -0.1) is 0 Å². The zero-order valence-corrected chi connectivity index (χ0v) is 48.2. The van der Waals surface area contributed by atoms with E-state index in [0.29, 0.717) is 64.2 Å². The lowest BCUT2D eigenvalue weighted by molar-refractivity contribution is -0.270. The maximum Gasteiger partial charge on any atom is 0.243 e. The highest BCUT2D eigenvalue weighted by atomic mass is 16.7. The molecule has 478 valence electrons. The van der Waals surface area contributed by atoms with Crippen LogP contribution in [0.5, 0.6) is 0 Å². The second-order valence-corrected chi connectivity index (χ2v) is 21.3. The SMILES string of the molecule is CCC(=O)[C@H](CCCCNC(=O)CCCCO[C@@H]1O[C@H](CO)[C@H](O)[C@H](O)[C@H]1NC(C)=O)NC(=O)[C@H](CCCCCC(=O)CCCCO[C@@H]1O[C@H](CO)[C@H](O)[C@H](O)[C@H]1NC(C)=O)NC(=O)CCCCO[C@@H]1O[C@H](CO)[C@H](O)[C@H](O)[C@H]1NC(C)=O. The third-order valence-corrected chi connectivity index (χ3v) is 14.4. The van der Waals surface area contributed by atoms with Crippen LogP contribution in [0, 0.1) is 0 Å². The molecule has 29 nitrogen and oxygen atoms in total. The molecule has 3 aliphatic heterocycles. The van der Waals surface area contributed by atoms with Crippen molar-refractivity contribution >= 4 is 47.0 Å². The first-order valence-electron chi connectivity index (χ1n) is 29.0. The third kappa shape index (κ3) is 25.6. The van der Waals surface area contributed by atoms with Crippen molar-refractivity contribution in [3.8, 4) is 0 Å². The number of rotatable bonds is 40. The quantitative estimate of drug-likeness (QED) is 0.0261. The number of ether oxygens (including phenoxy) is 6. The van der Waals surface area contributed by atoms with E-state index in [2.05, 4.69) is 31.9 Å². The molecular formula is C54H94N6O23. The predicted octanol–water partition coefficient (Wildman–Crippen LogP) is -3.87. The van der Waals surface area contributed by atoms with Crippen LogP contribution >= 0.6 is 0 Å². The van der Waals surface area contributed by atoms with Gasteiger partial charge in [-0.1, -0.05) is 19.8 Å². The Bertz CT molecular complexity index is 1990. The Kier molecular flexibility index (Phi) is 34.5. The molecule has 0 aromatic carbocycles. The average molecular weight is 1200 g/mol. The van der Waals surface area contributed by atoms with Crippen molar-refractivity contribution in [1.29, 1.82) is 0 Å². The number of nitrogens with one attached hydrogen (secondary N) is 6. The van der Waals surface area contributed by atoms with Gasteiger partial charge >= 0.3 is 0 Å². The molecule has 83 heavy (non-hydrogen) atoms. The van der Waals surface area contributed by atoms with Gasteiger partial charge in [-0.3, -0.25) is 38.4 Å². The molecule has 15 N–H and O–H groups in total. The van der Waals surface area contributed by atoms with E-state index in [0.717, 1.165) is 0 Å². The van der Waals surface area contributed by atoms with Gasteiger partial charge in [0.15, 0.2) is 24.7 Å². The third-order valence-electron chi connectivity index (χ3n) is 14.4. The number of amides is 6. The number of aliphatic hydroxyl groups is 9. The molecule has 0 aromatic heterocycles. The standard InChI is InChI=1S/C54H94N6O23/c1-5-36(68)34(19-9-13-23-55-40(69)21-11-15-25-79-53-43(57-31(3)65)49(75)46(72)38(28-62)82-53)60-51(77)35(59-41(70)22-12-16-26-80-54-44(58-32(4)66)50(76)47(73)39(29-63)83-54)20-8-6-7-17-33(67)18-10-14-24-78-52-42(56-30(2)64)48(74)45(71)37(27-61)81-52/h34-35,37-39,42-50,52-54,61-63,71-76H,5-29H2,1-4H3,(H,55,69)(H,56,64)(H,57,65)(H,58,66)(H,59,70)(H,60,77)/t34-,35-,37+,38+,39+,42+,43+,44+,45-,46-,47-,48+,49+,50+,52+,53+,54+/m0/s1. The molecule has 0 aliphatic carbocycles. The highest BCUT2D eigenvalue weighted by molar-refractivity contribution is 5.92. The molecule has 6 amide bonds. The predicted molar refractivity (Wildman–Crippen MR) is 290 cm³/mol. The summed E-state index contributed by atoms with van der Waals surface area (Å²) < 4.78 is 33.9. The number of unbranched alkanes of at least 4 members (excludes halogenated alkanes) is 6. The van der Waals surface area contributed by atoms with E-state index in [1.54, 1.807) is 6.92 Å². The number of hydrogen-bond acceptors (Lipinski definition) is 23. The first-order chi connectivity index (χ1) is 39.6. The zero-order chi connectivity index (χ0) is 61.6. The number of ketones is 2. The lowest BCUT2D eigenvalue weighted by Gasteiger charge is -2.42. The summed E-state index contributed by atoms with van der Waals surface area (Å²) >= 11 is 0. The number of carbonyl (C=O) groups is 8. The Balaban J connectivity index is 1.50. The van der Waals surface area contributed by atoms with Gasteiger partial charge in [0.25, 0.3) is 0 Å². The van der Waals surface area contributed by atoms with E-state index >= 15 is 0 Å². The van der Waals surface area contributed by atoms with Crippen LogP contribution in [0.4, 0.5) is 0 Å². The van der Waals surface area contributed by atoms with Gasteiger partial charge in [0.05, 0.1) is 25.9 Å². The number of Topliss-reactive ketones (excluding diaryl/α,β-unsaturated/α-hetero) is 2. The van der Waals surface area contributed by atoms with Crippen LogP contribution in [0.25, 0.3) is 0 Å². The second-order valence-electron chi connectivity index (χ2n) is 21.3. The van der Waals surface area contributed by atoms with Crippen LogP contribution in [0.15, 0.2) is 0 Å². The van der Waals surface area contributed by atoms with Gasteiger partial charge in [0, 0.05) is 79.2 Å². The fourth-order valence-corrected chi connectivity index (χ4v) is 9.77. The molecule has 0 radical (unpaired) electrons. The van der Waals surface area contributed by atoms with Gasteiger partial charge in [0.1, 0.15) is 84.9 Å². The maximum atomic E-state index is 13.9. The van der Waals surface area contributed by atoms with Crippen molar-refractivity contribution in [3.63, 3.8) is 0 Å². The van der Waals surface area contributed by atoms with E-state index in [9.17, 15) is 84.3 Å². The van der Waals surface area contributed by atoms with Gasteiger partial charge in [-0.2, -0.15) is 0 Å². The molecule has 0 bridgehead atoms. The average Bonchev–Trinajstić information content (AvgIpc) is 3.23. The van der Waals surface area contributed by atoms with E-state index < -0.39 is 153 Å². The van der Waals surface area contributed by atoms with Crippen molar-refractivity contribution < 1.29 is 113 Å². The maximum absolute atomic E-state index is 13.9. The topological polar surface area (TPSA) is 446 Å². The zero-order valence-electron chi connectivity index (χ0n) is 48.2. The summed E-state index contributed by atoms with van der Waals surface area (Å²) in [7, 11) is 0. The number of aliphatic hydroxyl groups excluding tert-OH is 9. The van der Waals surface area contributed by atoms with Gasteiger partial charge < -0.3 is 106 Å². The van der Waals surface area contributed by atoms with Gasteiger partial charge in [-0.25, -0.2) is 0 Å². The Morgan fingerprint density at radius 3 is 1.22 bits per heavy atom. The molecule has 3 saturated heterocycles. The minimum Gasteiger partial charge on any atom is -0.394 e. The molecule has 0 saturated carbocycles. The summed E-state index contributed by atoms with van der Waals surface area (Å²) in [6.45, 7) is 4.00. The minimum atomic E-state index is -1.50. The highest BCUT2D eigenvalue weighted by Gasteiger charge is 2.48. The lowest BCUT2D eigenvalue weighted by Crippen LogP contribution is -2.64. The fraction of sp³-hybridized carbons (Fsp3) is 0.852. The van der Waals surface area contributed by atoms with E-state index in [1.165, 1.54) is 20.8 Å². The Morgan fingerprint density at radius 1 is 0.446 bits per heavy atom. The largest absolute Gasteiger partial charge is 0.394 e. The summed E-state index contributed by atoms with van der Waals surface area (Å²) in [5, 5.41) is 107. The monoisotopic (exact) mass is 1190 g/mol. The highest BCUT2D eigenvalue weighted by Crippen LogP contribution is 2.26. The van der Waals surface area contributed by atoms with Crippen molar-refractivity contribution in [2.45, 2.75) is 247 Å². The molecule has 29 heteroatoms. The molecular weight excluding hydrogens is 1100 g/mol. The summed E-state index contributed by atoms with van der Waals surface area (Å²) in [5.74, 6) is -3.03. The molecule has 3 heterocycles. The summed E-state index contributed by atoms with van der Waals surface area (Å²) in [4.78, 5) is 101. The minimum absolute atomic E-state index is 0.00223. The smallest absolute Gasteiger partial charge is 0.243 e. The van der Waals surface area contributed by atoms with Crippen molar-refractivity contribution in [2.75, 3.05) is 46.2 Å². The number of carbonyl (C=O) groups excluding carboxylic acids is 8. The van der Waals surface area contributed by atoms with Gasteiger partial charge in [-0.05, 0) is 70.6 Å². The van der Waals surface area contributed by atoms with E-state index in [-0.39, 0.29) is 95.2 Å². The Morgan fingerprint density at radius 2 is 0.819 bits per heavy atom. The van der Waals surface area contributed by atoms with E-state index in [4.69, 9.17) is 28.4 Å². The fourth-order valence-electron chi connectivity index (χ4n) is 9.77. The van der Waals surface area contributed by atoms with Crippen LogP contribution < -0.4 is 31.9 Å².